The molecule has 1 heterocycles. The van der Waals surface area contributed by atoms with E-state index < -0.39 is 23.7 Å². The normalized spacial score (nSPS) is 13.1. The van der Waals surface area contributed by atoms with E-state index in [4.69, 9.17) is 0 Å². The second-order valence-corrected chi connectivity index (χ2v) is 9.34. The van der Waals surface area contributed by atoms with Crippen LogP contribution in [0.15, 0.2) is 48.8 Å². The third kappa shape index (κ3) is 9.32. The summed E-state index contributed by atoms with van der Waals surface area (Å²) in [6.45, 7) is 7.99. The number of hydrogen-bond acceptors (Lipinski definition) is 6. The van der Waals surface area contributed by atoms with Gasteiger partial charge in [-0.2, -0.15) is 0 Å². The predicted molar refractivity (Wildman–Crippen MR) is 131 cm³/mol. The van der Waals surface area contributed by atoms with E-state index in [1.54, 1.807) is 11.7 Å². The Labute approximate surface area is 206 Å². The number of hydrogen-bond donors (Lipinski definition) is 3. The van der Waals surface area contributed by atoms with Gasteiger partial charge in [-0.25, -0.2) is 10.2 Å². The van der Waals surface area contributed by atoms with E-state index in [0.717, 1.165) is 5.56 Å². The van der Waals surface area contributed by atoms with Crippen LogP contribution in [0.1, 0.15) is 46.1 Å². The molecule has 0 bridgehead atoms. The van der Waals surface area contributed by atoms with Gasteiger partial charge in [0.25, 0.3) is 5.91 Å². The number of carbonyl (C=O) groups excluding carboxylic acids is 3. The van der Waals surface area contributed by atoms with Crippen LogP contribution >= 0.6 is 0 Å². The summed E-state index contributed by atoms with van der Waals surface area (Å²) in [6, 6.07) is 9.59. The van der Waals surface area contributed by atoms with Crippen molar-refractivity contribution in [1.29, 1.82) is 0 Å². The van der Waals surface area contributed by atoms with Crippen molar-refractivity contribution in [3.8, 4) is 0 Å². The third-order valence-corrected chi connectivity index (χ3v) is 5.36. The van der Waals surface area contributed by atoms with E-state index in [1.807, 2.05) is 70.2 Å². The van der Waals surface area contributed by atoms with Gasteiger partial charge in [-0.1, -0.05) is 75.4 Å². The molecule has 10 heteroatoms. The van der Waals surface area contributed by atoms with E-state index in [1.165, 1.54) is 15.9 Å². The maximum absolute atomic E-state index is 13.4. The van der Waals surface area contributed by atoms with Crippen LogP contribution in [0.25, 0.3) is 6.08 Å². The number of carbonyl (C=O) groups is 3. The van der Waals surface area contributed by atoms with Gasteiger partial charge in [0, 0.05) is 12.7 Å². The molecule has 2 aromatic rings. The van der Waals surface area contributed by atoms with Gasteiger partial charge in [-0.15, -0.1) is 5.10 Å². The Morgan fingerprint density at radius 3 is 2.34 bits per heavy atom. The molecule has 0 aliphatic rings. The molecule has 0 radical (unpaired) electrons. The summed E-state index contributed by atoms with van der Waals surface area (Å²) in [4.78, 5) is 39.0. The maximum Gasteiger partial charge on any atom is 0.262 e. The van der Waals surface area contributed by atoms with Gasteiger partial charge in [-0.05, 0) is 30.2 Å². The van der Waals surface area contributed by atoms with Crippen molar-refractivity contribution >= 4 is 23.8 Å². The van der Waals surface area contributed by atoms with Crippen molar-refractivity contribution in [2.45, 2.75) is 47.1 Å². The molecule has 190 valence electrons. The number of hydrazine groups is 1. The Kier molecular flexibility index (Phi) is 11.1. The quantitative estimate of drug-likeness (QED) is 0.314. The minimum absolute atomic E-state index is 0.0811. The van der Waals surface area contributed by atoms with Gasteiger partial charge in [0.05, 0.1) is 18.0 Å². The van der Waals surface area contributed by atoms with Gasteiger partial charge >= 0.3 is 0 Å². The van der Waals surface area contributed by atoms with Crippen LogP contribution in [0.3, 0.4) is 0 Å². The number of allylic oxidation sites excluding steroid dienone is 1. The van der Waals surface area contributed by atoms with E-state index in [0.29, 0.717) is 13.0 Å². The Morgan fingerprint density at radius 1 is 1.06 bits per heavy atom. The molecule has 2 rings (SSSR count). The lowest BCUT2D eigenvalue weighted by Gasteiger charge is -2.30. The summed E-state index contributed by atoms with van der Waals surface area (Å²) in [7, 11) is 0. The van der Waals surface area contributed by atoms with Gasteiger partial charge in [-0.3, -0.25) is 30.0 Å². The summed E-state index contributed by atoms with van der Waals surface area (Å²) in [5.74, 6) is -2.86. The van der Waals surface area contributed by atoms with Crippen LogP contribution in [-0.4, -0.2) is 49.5 Å². The van der Waals surface area contributed by atoms with E-state index in [2.05, 4.69) is 15.7 Å². The fourth-order valence-corrected chi connectivity index (χ4v) is 3.75. The molecular formula is C25H36N6O4. The third-order valence-electron chi connectivity index (χ3n) is 5.36. The first-order valence-electron chi connectivity index (χ1n) is 11.8. The molecule has 0 unspecified atom stereocenters. The number of hydroxylamine groups is 1. The summed E-state index contributed by atoms with van der Waals surface area (Å²) in [5.41, 5.74) is 5.40. The molecule has 3 N–H and O–H groups in total. The summed E-state index contributed by atoms with van der Waals surface area (Å²) < 4.78 is 1.38. The van der Waals surface area contributed by atoms with Crippen molar-refractivity contribution in [2.75, 3.05) is 6.54 Å². The molecule has 10 nitrogen and oxygen atoms in total. The highest BCUT2D eigenvalue weighted by Gasteiger charge is 2.35. The van der Waals surface area contributed by atoms with Crippen molar-refractivity contribution in [3.05, 3.63) is 54.4 Å². The largest absolute Gasteiger partial charge is 0.289 e. The highest BCUT2D eigenvalue weighted by Crippen LogP contribution is 2.25. The highest BCUT2D eigenvalue weighted by molar-refractivity contribution is 5.88. The van der Waals surface area contributed by atoms with Crippen molar-refractivity contribution in [1.82, 2.24) is 30.9 Å². The second-order valence-electron chi connectivity index (χ2n) is 9.34. The smallest absolute Gasteiger partial charge is 0.262 e. The molecule has 0 spiro atoms. The van der Waals surface area contributed by atoms with Crippen molar-refractivity contribution < 1.29 is 19.6 Å². The number of benzene rings is 1. The monoisotopic (exact) mass is 484 g/mol. The van der Waals surface area contributed by atoms with Gasteiger partial charge in [0.1, 0.15) is 6.54 Å². The fourth-order valence-electron chi connectivity index (χ4n) is 3.75. The van der Waals surface area contributed by atoms with Crippen molar-refractivity contribution in [2.24, 2.45) is 23.7 Å². The van der Waals surface area contributed by atoms with Crippen LogP contribution in [0.5, 0.6) is 0 Å². The first kappa shape index (κ1) is 27.7. The van der Waals surface area contributed by atoms with E-state index in [-0.39, 0.29) is 30.7 Å². The topological polar surface area (TPSA) is 129 Å². The molecule has 35 heavy (non-hydrogen) atoms. The maximum atomic E-state index is 13.4. The molecule has 0 aliphatic carbocycles. The molecule has 1 aromatic heterocycles. The van der Waals surface area contributed by atoms with Crippen LogP contribution in [0.2, 0.25) is 0 Å². The van der Waals surface area contributed by atoms with Crippen LogP contribution < -0.4 is 10.9 Å². The second kappa shape index (κ2) is 14.0. The number of aromatic nitrogens is 3. The minimum Gasteiger partial charge on any atom is -0.289 e. The zero-order valence-corrected chi connectivity index (χ0v) is 20.8. The first-order chi connectivity index (χ1) is 16.7. The molecule has 1 aromatic carbocycles. The Hall–Kier alpha value is -3.53. The van der Waals surface area contributed by atoms with E-state index in [9.17, 15) is 19.6 Å². The molecule has 0 saturated heterocycles. The van der Waals surface area contributed by atoms with Crippen molar-refractivity contribution in [3.63, 3.8) is 0 Å². The van der Waals surface area contributed by atoms with Gasteiger partial charge < -0.3 is 0 Å². The predicted octanol–water partition coefficient (Wildman–Crippen LogP) is 2.68. The SMILES string of the molecule is CC(C)C[C@@H](C(=O)NN(CC(C)C)C(=O)Cn1ccnn1)[C@H](CC=Cc1ccccc1)C(=O)NO. The lowest BCUT2D eigenvalue weighted by molar-refractivity contribution is -0.148. The fraction of sp³-hybridized carbons (Fsp3) is 0.480. The average molecular weight is 485 g/mol. The lowest BCUT2D eigenvalue weighted by atomic mass is 9.82. The standard InChI is InChI=1S/C25H36N6O4/c1-18(2)15-22(21(25(34)28-35)12-8-11-20-9-6-5-7-10-20)24(33)27-31(16-19(3)4)23(32)17-30-14-13-26-29-30/h5-11,13-14,18-19,21-22,35H,12,15-17H2,1-4H3,(H,27,33)(H,28,34)/t21-,22+/m0/s1. The molecule has 3 amide bonds. The Balaban J connectivity index is 2.23. The molecule has 0 saturated carbocycles. The zero-order valence-electron chi connectivity index (χ0n) is 20.8. The van der Waals surface area contributed by atoms with Gasteiger partial charge in [0.15, 0.2) is 0 Å². The summed E-state index contributed by atoms with van der Waals surface area (Å²) in [6.07, 6.45) is 7.36. The molecule has 0 aliphatic heterocycles. The summed E-state index contributed by atoms with van der Waals surface area (Å²) >= 11 is 0. The Bertz CT molecular complexity index is 960. The minimum atomic E-state index is -0.825. The van der Waals surface area contributed by atoms with Gasteiger partial charge in [0.2, 0.25) is 11.8 Å². The van der Waals surface area contributed by atoms with Crippen LogP contribution in [0, 0.1) is 23.7 Å². The molecule has 0 fully saturated rings. The first-order valence-corrected chi connectivity index (χ1v) is 11.8. The van der Waals surface area contributed by atoms with Crippen LogP contribution in [0.4, 0.5) is 0 Å². The molecular weight excluding hydrogens is 448 g/mol. The number of nitrogens with one attached hydrogen (secondary N) is 2. The number of rotatable bonds is 12. The van der Waals surface area contributed by atoms with Crippen LogP contribution in [-0.2, 0) is 20.9 Å². The summed E-state index contributed by atoms with van der Waals surface area (Å²) in [5, 5.41) is 18.2. The highest BCUT2D eigenvalue weighted by atomic mass is 16.5. The number of nitrogens with zero attached hydrogens (tertiary/aromatic N) is 4. The average Bonchev–Trinajstić information content (AvgIpc) is 3.33. The van der Waals surface area contributed by atoms with E-state index >= 15 is 0 Å². The Morgan fingerprint density at radius 2 is 1.77 bits per heavy atom. The number of amides is 3. The lowest BCUT2D eigenvalue weighted by Crippen LogP contribution is -2.53. The zero-order chi connectivity index (χ0) is 25.8. The molecule has 2 atom stereocenters.